The Kier molecular flexibility index (Phi) is 7.28. The van der Waals surface area contributed by atoms with Gasteiger partial charge in [0.2, 0.25) is 0 Å². The quantitative estimate of drug-likeness (QED) is 0.441. The molecule has 110 valence electrons. The van der Waals surface area contributed by atoms with Crippen LogP contribution in [0.4, 0.5) is 0 Å². The van der Waals surface area contributed by atoms with Crippen molar-refractivity contribution in [2.24, 2.45) is 5.92 Å². The Morgan fingerprint density at radius 2 is 1.75 bits per heavy atom. The molecule has 0 unspecified atom stereocenters. The molecule has 0 spiro atoms. The van der Waals surface area contributed by atoms with E-state index >= 15 is 0 Å². The van der Waals surface area contributed by atoms with E-state index in [4.69, 9.17) is 0 Å². The van der Waals surface area contributed by atoms with E-state index in [1.807, 2.05) is 25.1 Å². The minimum atomic E-state index is 0.125. The van der Waals surface area contributed by atoms with Crippen molar-refractivity contribution in [3.05, 3.63) is 47.0 Å². The number of hydrogen-bond acceptors (Lipinski definition) is 1. The molecule has 0 heterocycles. The zero-order valence-electron chi connectivity index (χ0n) is 13.4. The molecule has 1 rings (SSSR count). The van der Waals surface area contributed by atoms with E-state index in [1.54, 1.807) is 6.08 Å². The lowest BCUT2D eigenvalue weighted by Gasteiger charge is -2.12. The Morgan fingerprint density at radius 1 is 1.10 bits per heavy atom. The average molecular weight is 272 g/mol. The Morgan fingerprint density at radius 3 is 2.30 bits per heavy atom. The van der Waals surface area contributed by atoms with Crippen LogP contribution < -0.4 is 0 Å². The highest BCUT2D eigenvalue weighted by Gasteiger charge is 2.06. The number of aryl methyl sites for hydroxylation is 2. The molecule has 0 bridgehead atoms. The van der Waals surface area contributed by atoms with E-state index in [9.17, 15) is 4.79 Å². The van der Waals surface area contributed by atoms with Crippen LogP contribution in [0.1, 0.15) is 67.4 Å². The second kappa shape index (κ2) is 8.73. The molecule has 0 saturated carbocycles. The van der Waals surface area contributed by atoms with Crippen LogP contribution in [-0.4, -0.2) is 5.78 Å². The van der Waals surface area contributed by atoms with Crippen molar-refractivity contribution >= 4 is 5.78 Å². The molecular weight excluding hydrogens is 244 g/mol. The van der Waals surface area contributed by atoms with E-state index in [2.05, 4.69) is 26.8 Å². The molecule has 1 aromatic rings. The third-order valence-electron chi connectivity index (χ3n) is 3.92. The maximum Gasteiger partial charge on any atom is 0.185 e. The molecule has 1 heteroatoms. The summed E-state index contributed by atoms with van der Waals surface area (Å²) in [5.74, 6) is 0.855. The van der Waals surface area contributed by atoms with Crippen LogP contribution in [0.2, 0.25) is 0 Å². The van der Waals surface area contributed by atoms with Gasteiger partial charge >= 0.3 is 0 Å². The van der Waals surface area contributed by atoms with Crippen molar-refractivity contribution in [2.45, 2.75) is 59.8 Å². The normalized spacial score (nSPS) is 11.4. The number of carbonyl (C=O) groups excluding carboxylic acids is 1. The molecule has 0 aliphatic carbocycles. The van der Waals surface area contributed by atoms with Crippen molar-refractivity contribution in [3.8, 4) is 0 Å². The Balaban J connectivity index is 2.60. The van der Waals surface area contributed by atoms with E-state index in [0.717, 1.165) is 17.9 Å². The monoisotopic (exact) mass is 272 g/mol. The van der Waals surface area contributed by atoms with Crippen LogP contribution in [0, 0.1) is 19.8 Å². The summed E-state index contributed by atoms with van der Waals surface area (Å²) in [5.41, 5.74) is 3.21. The Hall–Kier alpha value is -1.37. The summed E-state index contributed by atoms with van der Waals surface area (Å²) in [6.07, 6.45) is 9.81. The number of rotatable bonds is 8. The first-order chi connectivity index (χ1) is 9.58. The van der Waals surface area contributed by atoms with Crippen molar-refractivity contribution in [1.82, 2.24) is 0 Å². The minimum absolute atomic E-state index is 0.125. The molecular formula is C19H28O. The number of benzene rings is 1. The second-order valence-electron chi connectivity index (χ2n) is 5.74. The predicted molar refractivity (Wildman–Crippen MR) is 87.3 cm³/mol. The van der Waals surface area contributed by atoms with Crippen molar-refractivity contribution in [2.75, 3.05) is 0 Å². The second-order valence-corrected chi connectivity index (χ2v) is 5.74. The summed E-state index contributed by atoms with van der Waals surface area (Å²) in [6, 6.07) is 5.93. The van der Waals surface area contributed by atoms with Crippen LogP contribution in [-0.2, 0) is 0 Å². The van der Waals surface area contributed by atoms with Gasteiger partial charge in [0.15, 0.2) is 5.78 Å². The van der Waals surface area contributed by atoms with Gasteiger partial charge in [-0.15, -0.1) is 0 Å². The summed E-state index contributed by atoms with van der Waals surface area (Å²) < 4.78 is 0. The summed E-state index contributed by atoms with van der Waals surface area (Å²) >= 11 is 0. The van der Waals surface area contributed by atoms with Gasteiger partial charge < -0.3 is 0 Å². The first-order valence-electron chi connectivity index (χ1n) is 7.86. The summed E-state index contributed by atoms with van der Waals surface area (Å²) in [7, 11) is 0. The number of carbonyl (C=O) groups is 1. The largest absolute Gasteiger partial charge is 0.289 e. The van der Waals surface area contributed by atoms with E-state index in [-0.39, 0.29) is 5.78 Å². The zero-order chi connectivity index (χ0) is 15.0. The Bertz CT molecular complexity index is 451. The molecule has 0 amide bonds. The van der Waals surface area contributed by atoms with E-state index < -0.39 is 0 Å². The third-order valence-corrected chi connectivity index (χ3v) is 3.92. The lowest BCUT2D eigenvalue weighted by molar-refractivity contribution is 0.104. The number of allylic oxidation sites excluding steroid dienone is 2. The van der Waals surface area contributed by atoms with Crippen LogP contribution in [0.15, 0.2) is 30.4 Å². The van der Waals surface area contributed by atoms with Crippen LogP contribution >= 0.6 is 0 Å². The molecule has 0 aromatic heterocycles. The van der Waals surface area contributed by atoms with E-state index in [1.165, 1.54) is 36.8 Å². The summed E-state index contributed by atoms with van der Waals surface area (Å²) in [6.45, 7) is 8.58. The van der Waals surface area contributed by atoms with Gasteiger partial charge in [-0.05, 0) is 49.5 Å². The number of hydrogen-bond donors (Lipinski definition) is 0. The van der Waals surface area contributed by atoms with Gasteiger partial charge in [-0.2, -0.15) is 0 Å². The first-order valence-corrected chi connectivity index (χ1v) is 7.86. The van der Waals surface area contributed by atoms with Gasteiger partial charge in [0.1, 0.15) is 0 Å². The van der Waals surface area contributed by atoms with Crippen LogP contribution in [0.3, 0.4) is 0 Å². The SMILES string of the molecule is CCCC(C/C=C/C(=O)c1ccc(C)c(C)c1)CCC. The molecule has 1 aromatic carbocycles. The first kappa shape index (κ1) is 16.7. The highest BCUT2D eigenvalue weighted by atomic mass is 16.1. The van der Waals surface area contributed by atoms with Gasteiger partial charge in [-0.1, -0.05) is 57.7 Å². The van der Waals surface area contributed by atoms with Crippen LogP contribution in [0.25, 0.3) is 0 Å². The molecule has 0 fully saturated rings. The molecule has 20 heavy (non-hydrogen) atoms. The minimum Gasteiger partial charge on any atom is -0.289 e. The predicted octanol–water partition coefficient (Wildman–Crippen LogP) is 5.65. The lowest BCUT2D eigenvalue weighted by atomic mass is 9.94. The molecule has 0 saturated heterocycles. The highest BCUT2D eigenvalue weighted by molar-refractivity contribution is 6.04. The third kappa shape index (κ3) is 5.32. The lowest BCUT2D eigenvalue weighted by Crippen LogP contribution is -1.99. The summed E-state index contributed by atoms with van der Waals surface area (Å²) in [4.78, 5) is 12.1. The topological polar surface area (TPSA) is 17.1 Å². The maximum absolute atomic E-state index is 12.1. The average Bonchev–Trinajstić information content (AvgIpc) is 2.42. The zero-order valence-corrected chi connectivity index (χ0v) is 13.4. The fourth-order valence-corrected chi connectivity index (χ4v) is 2.55. The van der Waals surface area contributed by atoms with Gasteiger partial charge in [-0.25, -0.2) is 0 Å². The molecule has 0 radical (unpaired) electrons. The maximum atomic E-state index is 12.1. The van der Waals surface area contributed by atoms with Gasteiger partial charge in [0, 0.05) is 5.56 Å². The molecule has 0 N–H and O–H groups in total. The van der Waals surface area contributed by atoms with Crippen molar-refractivity contribution in [1.29, 1.82) is 0 Å². The molecule has 0 aliphatic heterocycles. The molecule has 1 nitrogen and oxygen atoms in total. The van der Waals surface area contributed by atoms with Gasteiger partial charge in [0.05, 0.1) is 0 Å². The fraction of sp³-hybridized carbons (Fsp3) is 0.526. The van der Waals surface area contributed by atoms with Gasteiger partial charge in [-0.3, -0.25) is 4.79 Å². The Labute approximate surface area is 124 Å². The van der Waals surface area contributed by atoms with E-state index in [0.29, 0.717) is 0 Å². The standard InChI is InChI=1S/C19H28O/c1-5-8-17(9-6-2)10-7-11-19(20)18-13-12-15(3)16(4)14-18/h7,11-14,17H,5-6,8-10H2,1-4H3/b11-7+. The number of ketones is 1. The molecule has 0 atom stereocenters. The van der Waals surface area contributed by atoms with Crippen LogP contribution in [0.5, 0.6) is 0 Å². The van der Waals surface area contributed by atoms with Gasteiger partial charge in [0.25, 0.3) is 0 Å². The molecule has 0 aliphatic rings. The van der Waals surface area contributed by atoms with Crippen molar-refractivity contribution < 1.29 is 4.79 Å². The van der Waals surface area contributed by atoms with Crippen molar-refractivity contribution in [3.63, 3.8) is 0 Å². The smallest absolute Gasteiger partial charge is 0.185 e. The fourth-order valence-electron chi connectivity index (χ4n) is 2.55. The summed E-state index contributed by atoms with van der Waals surface area (Å²) in [5, 5.41) is 0. The highest BCUT2D eigenvalue weighted by Crippen LogP contribution is 2.18.